The van der Waals surface area contributed by atoms with Crippen LogP contribution in [0.5, 0.6) is 0 Å². The van der Waals surface area contributed by atoms with E-state index in [4.69, 9.17) is 5.73 Å². The van der Waals surface area contributed by atoms with Gasteiger partial charge in [-0.05, 0) is 24.8 Å². The second-order valence-electron chi connectivity index (χ2n) is 3.59. The van der Waals surface area contributed by atoms with Gasteiger partial charge in [-0.3, -0.25) is 0 Å². The van der Waals surface area contributed by atoms with Crippen molar-refractivity contribution in [2.24, 2.45) is 0 Å². The number of thiazole rings is 1. The lowest BCUT2D eigenvalue weighted by Crippen LogP contribution is -1.93. The van der Waals surface area contributed by atoms with Gasteiger partial charge in [-0.2, -0.15) is 0 Å². The first kappa shape index (κ1) is 11.2. The predicted molar refractivity (Wildman–Crippen MR) is 64.6 cm³/mol. The van der Waals surface area contributed by atoms with Crippen LogP contribution in [-0.4, -0.2) is 4.98 Å². The lowest BCUT2D eigenvalue weighted by Gasteiger charge is -2.06. The van der Waals surface area contributed by atoms with Gasteiger partial charge in [0.05, 0.1) is 10.6 Å². The molecule has 0 spiro atoms. The molecule has 1 aromatic rings. The molecule has 0 saturated carbocycles. The molecule has 78 valence electrons. The number of nitrogens with zero attached hydrogens (tertiary/aromatic N) is 1. The number of hydrogen-bond donors (Lipinski definition) is 1. The Morgan fingerprint density at radius 3 is 2.64 bits per heavy atom. The van der Waals surface area contributed by atoms with Crippen LogP contribution < -0.4 is 5.73 Å². The molecule has 1 heterocycles. The number of hydrogen-bond acceptors (Lipinski definition) is 3. The second-order valence-corrected chi connectivity index (χ2v) is 4.62. The van der Waals surface area contributed by atoms with E-state index >= 15 is 0 Å². The standard InChI is InChI=1S/C11H18N2S/c1-5-8(6-2)10-9(7(3)4)13-11(12)14-10/h5,7H,6H2,1-4H3,(H2,12,13)/b8-5+. The zero-order valence-corrected chi connectivity index (χ0v) is 10.1. The monoisotopic (exact) mass is 210 g/mol. The minimum atomic E-state index is 0.444. The van der Waals surface area contributed by atoms with Crippen LogP contribution in [-0.2, 0) is 0 Å². The molecule has 0 aromatic carbocycles. The molecule has 1 rings (SSSR count). The van der Waals surface area contributed by atoms with Crippen LogP contribution in [0, 0.1) is 0 Å². The smallest absolute Gasteiger partial charge is 0.180 e. The molecule has 0 bridgehead atoms. The fourth-order valence-corrected chi connectivity index (χ4v) is 2.60. The lowest BCUT2D eigenvalue weighted by atomic mass is 10.0. The summed E-state index contributed by atoms with van der Waals surface area (Å²) in [5.74, 6) is 0.444. The molecule has 3 heteroatoms. The van der Waals surface area contributed by atoms with E-state index < -0.39 is 0 Å². The first-order chi connectivity index (χ1) is 6.60. The summed E-state index contributed by atoms with van der Waals surface area (Å²) in [5.41, 5.74) is 8.24. The molecular formula is C11H18N2S. The largest absolute Gasteiger partial charge is 0.375 e. The van der Waals surface area contributed by atoms with Gasteiger partial charge in [0.25, 0.3) is 0 Å². The van der Waals surface area contributed by atoms with Gasteiger partial charge in [0.1, 0.15) is 0 Å². The predicted octanol–water partition coefficient (Wildman–Crippen LogP) is 3.66. The van der Waals surface area contributed by atoms with Crippen molar-refractivity contribution < 1.29 is 0 Å². The summed E-state index contributed by atoms with van der Waals surface area (Å²) in [6.07, 6.45) is 3.19. The molecule has 0 aliphatic carbocycles. The summed E-state index contributed by atoms with van der Waals surface area (Å²) in [5, 5.41) is 0.677. The fraction of sp³-hybridized carbons (Fsp3) is 0.545. The van der Waals surface area contributed by atoms with Crippen LogP contribution in [0.15, 0.2) is 6.08 Å². The van der Waals surface area contributed by atoms with Crippen LogP contribution in [0.25, 0.3) is 5.57 Å². The Balaban J connectivity index is 3.18. The van der Waals surface area contributed by atoms with Gasteiger partial charge in [-0.15, -0.1) is 0 Å². The maximum absolute atomic E-state index is 5.74. The Hall–Kier alpha value is -0.830. The van der Waals surface area contributed by atoms with Gasteiger partial charge < -0.3 is 5.73 Å². The summed E-state index contributed by atoms with van der Waals surface area (Å²) in [6, 6.07) is 0. The van der Waals surface area contributed by atoms with E-state index in [0.29, 0.717) is 11.0 Å². The molecule has 0 atom stereocenters. The molecule has 2 N–H and O–H groups in total. The van der Waals surface area contributed by atoms with Crippen LogP contribution in [0.4, 0.5) is 5.13 Å². The molecule has 0 amide bonds. The third-order valence-corrected chi connectivity index (χ3v) is 3.21. The third kappa shape index (κ3) is 2.15. The van der Waals surface area contributed by atoms with Gasteiger partial charge in [-0.1, -0.05) is 38.2 Å². The Labute approximate surface area is 89.9 Å². The molecule has 0 saturated heterocycles. The van der Waals surface area contributed by atoms with Gasteiger partial charge in [-0.25, -0.2) is 4.98 Å². The summed E-state index contributed by atoms with van der Waals surface area (Å²) in [6.45, 7) is 8.54. The summed E-state index contributed by atoms with van der Waals surface area (Å²) in [7, 11) is 0. The average molecular weight is 210 g/mol. The first-order valence-corrected chi connectivity index (χ1v) is 5.83. The van der Waals surface area contributed by atoms with Crippen molar-refractivity contribution in [1.29, 1.82) is 0 Å². The number of nitrogens with two attached hydrogens (primary N) is 1. The average Bonchev–Trinajstić information content (AvgIpc) is 2.50. The molecule has 0 unspecified atom stereocenters. The van der Waals surface area contributed by atoms with Crippen LogP contribution in [0.3, 0.4) is 0 Å². The van der Waals surface area contributed by atoms with Crippen LogP contribution in [0.2, 0.25) is 0 Å². The number of anilines is 1. The summed E-state index contributed by atoms with van der Waals surface area (Å²) in [4.78, 5) is 5.65. The quantitative estimate of drug-likeness (QED) is 0.826. The highest BCUT2D eigenvalue weighted by atomic mass is 32.1. The van der Waals surface area contributed by atoms with E-state index in [-0.39, 0.29) is 0 Å². The highest BCUT2D eigenvalue weighted by molar-refractivity contribution is 7.16. The molecule has 0 aliphatic rings. The van der Waals surface area contributed by atoms with E-state index in [9.17, 15) is 0 Å². The molecule has 0 aliphatic heterocycles. The van der Waals surface area contributed by atoms with Gasteiger partial charge in [0, 0.05) is 0 Å². The third-order valence-electron chi connectivity index (χ3n) is 2.24. The number of nitrogen functional groups attached to an aromatic ring is 1. The lowest BCUT2D eigenvalue weighted by molar-refractivity contribution is 0.830. The highest BCUT2D eigenvalue weighted by Gasteiger charge is 2.14. The van der Waals surface area contributed by atoms with Crippen molar-refractivity contribution >= 4 is 22.0 Å². The Morgan fingerprint density at radius 1 is 1.57 bits per heavy atom. The van der Waals surface area contributed by atoms with Crippen molar-refractivity contribution in [2.75, 3.05) is 5.73 Å². The highest BCUT2D eigenvalue weighted by Crippen LogP contribution is 2.33. The Kier molecular flexibility index (Phi) is 3.69. The van der Waals surface area contributed by atoms with E-state index in [1.165, 1.54) is 10.5 Å². The number of allylic oxidation sites excluding steroid dienone is 2. The van der Waals surface area contributed by atoms with E-state index in [2.05, 4.69) is 38.8 Å². The summed E-state index contributed by atoms with van der Waals surface area (Å²) >= 11 is 1.60. The molecule has 0 radical (unpaired) electrons. The zero-order valence-electron chi connectivity index (χ0n) is 9.29. The molecular weight excluding hydrogens is 192 g/mol. The molecule has 0 fully saturated rings. The maximum atomic E-state index is 5.74. The van der Waals surface area contributed by atoms with E-state index in [1.807, 2.05) is 0 Å². The van der Waals surface area contributed by atoms with Crippen molar-refractivity contribution in [2.45, 2.75) is 40.0 Å². The SMILES string of the molecule is C/C=C(\CC)c1sc(N)nc1C(C)C. The molecule has 2 nitrogen and oxygen atoms in total. The molecule has 1 aromatic heterocycles. The molecule has 14 heavy (non-hydrogen) atoms. The number of aromatic nitrogens is 1. The van der Waals surface area contributed by atoms with Crippen molar-refractivity contribution in [3.8, 4) is 0 Å². The van der Waals surface area contributed by atoms with E-state index in [1.54, 1.807) is 11.3 Å². The summed E-state index contributed by atoms with van der Waals surface area (Å²) < 4.78 is 0. The van der Waals surface area contributed by atoms with Crippen LogP contribution in [0.1, 0.15) is 50.6 Å². The normalized spacial score (nSPS) is 12.5. The fourth-order valence-electron chi connectivity index (χ4n) is 1.47. The first-order valence-electron chi connectivity index (χ1n) is 5.01. The van der Waals surface area contributed by atoms with Gasteiger partial charge in [0.2, 0.25) is 0 Å². The number of rotatable bonds is 3. The van der Waals surface area contributed by atoms with Gasteiger partial charge >= 0.3 is 0 Å². The van der Waals surface area contributed by atoms with Crippen molar-refractivity contribution in [1.82, 2.24) is 4.98 Å². The Morgan fingerprint density at radius 2 is 2.21 bits per heavy atom. The maximum Gasteiger partial charge on any atom is 0.180 e. The van der Waals surface area contributed by atoms with Crippen molar-refractivity contribution in [3.63, 3.8) is 0 Å². The zero-order chi connectivity index (χ0) is 10.7. The topological polar surface area (TPSA) is 38.9 Å². The van der Waals surface area contributed by atoms with Crippen LogP contribution >= 0.6 is 11.3 Å². The minimum Gasteiger partial charge on any atom is -0.375 e. The van der Waals surface area contributed by atoms with E-state index in [0.717, 1.165) is 12.1 Å². The van der Waals surface area contributed by atoms with Gasteiger partial charge in [0.15, 0.2) is 5.13 Å². The minimum absolute atomic E-state index is 0.444. The van der Waals surface area contributed by atoms with Crippen molar-refractivity contribution in [3.05, 3.63) is 16.6 Å². The second kappa shape index (κ2) is 4.60. The Bertz CT molecular complexity index is 337.